The number of hydrogen-bond acceptors (Lipinski definition) is 2. The zero-order valence-electron chi connectivity index (χ0n) is 7.44. The fraction of sp³-hybridized carbons (Fsp3) is 0.333. The third kappa shape index (κ3) is 2.11. The van der Waals surface area contributed by atoms with Crippen LogP contribution in [0.5, 0.6) is 5.75 Å². The van der Waals surface area contributed by atoms with Gasteiger partial charge >= 0.3 is 0 Å². The highest BCUT2D eigenvalue weighted by molar-refractivity contribution is 6.31. The predicted molar refractivity (Wildman–Crippen MR) is 50.3 cm³/mol. The van der Waals surface area contributed by atoms with Crippen LogP contribution in [0.2, 0.25) is 5.02 Å². The monoisotopic (exact) mass is 203 g/mol. The van der Waals surface area contributed by atoms with Crippen LogP contribution < -0.4 is 5.73 Å². The van der Waals surface area contributed by atoms with Crippen molar-refractivity contribution in [2.45, 2.75) is 19.4 Å². The van der Waals surface area contributed by atoms with Crippen LogP contribution in [-0.2, 0) is 5.54 Å². The molecule has 0 aromatic heterocycles. The molecular formula is C9H11ClFNO. The van der Waals surface area contributed by atoms with Gasteiger partial charge < -0.3 is 10.8 Å². The van der Waals surface area contributed by atoms with E-state index in [0.717, 1.165) is 6.07 Å². The van der Waals surface area contributed by atoms with E-state index in [9.17, 15) is 4.39 Å². The Bertz CT molecular complexity index is 310. The van der Waals surface area contributed by atoms with Crippen LogP contribution in [0.25, 0.3) is 0 Å². The standard InChI is InChI=1S/C9H11ClFNO/c1-9(2,12)8-6(10)3-5(13)4-7(8)11/h3-4,13H,12H2,1-2H3. The zero-order chi connectivity index (χ0) is 10.2. The zero-order valence-corrected chi connectivity index (χ0v) is 8.19. The van der Waals surface area contributed by atoms with Crippen LogP contribution in [0.3, 0.4) is 0 Å². The van der Waals surface area contributed by atoms with Gasteiger partial charge in [-0.2, -0.15) is 0 Å². The Labute approximate surface area is 81.1 Å². The van der Waals surface area contributed by atoms with Crippen molar-refractivity contribution < 1.29 is 9.50 Å². The van der Waals surface area contributed by atoms with Gasteiger partial charge in [0.05, 0.1) is 5.02 Å². The first-order valence-corrected chi connectivity index (χ1v) is 4.17. The third-order valence-electron chi connectivity index (χ3n) is 1.67. The molecule has 0 unspecified atom stereocenters. The first-order valence-electron chi connectivity index (χ1n) is 3.79. The van der Waals surface area contributed by atoms with Crippen molar-refractivity contribution in [1.82, 2.24) is 0 Å². The molecule has 0 saturated heterocycles. The molecule has 0 fully saturated rings. The number of rotatable bonds is 1. The van der Waals surface area contributed by atoms with E-state index >= 15 is 0 Å². The quantitative estimate of drug-likeness (QED) is 0.736. The van der Waals surface area contributed by atoms with E-state index in [1.807, 2.05) is 0 Å². The molecule has 72 valence electrons. The normalized spacial score (nSPS) is 11.8. The topological polar surface area (TPSA) is 46.2 Å². The Hall–Kier alpha value is -0.800. The molecule has 0 radical (unpaired) electrons. The van der Waals surface area contributed by atoms with E-state index in [0.29, 0.717) is 0 Å². The van der Waals surface area contributed by atoms with Gasteiger partial charge in [-0.25, -0.2) is 4.39 Å². The number of nitrogens with two attached hydrogens (primary N) is 1. The summed E-state index contributed by atoms with van der Waals surface area (Å²) in [5.41, 5.74) is 5.06. The van der Waals surface area contributed by atoms with E-state index in [1.54, 1.807) is 13.8 Å². The summed E-state index contributed by atoms with van der Waals surface area (Å²) in [5.74, 6) is -0.784. The van der Waals surface area contributed by atoms with Crippen LogP contribution in [0.15, 0.2) is 12.1 Å². The highest BCUT2D eigenvalue weighted by atomic mass is 35.5. The van der Waals surface area contributed by atoms with Gasteiger partial charge in [0.1, 0.15) is 11.6 Å². The van der Waals surface area contributed by atoms with Gasteiger partial charge in [0.2, 0.25) is 0 Å². The van der Waals surface area contributed by atoms with E-state index in [4.69, 9.17) is 22.4 Å². The van der Waals surface area contributed by atoms with Crippen molar-refractivity contribution in [1.29, 1.82) is 0 Å². The Kier molecular flexibility index (Phi) is 2.50. The summed E-state index contributed by atoms with van der Waals surface area (Å²) in [6.07, 6.45) is 0. The number of benzene rings is 1. The van der Waals surface area contributed by atoms with E-state index in [1.165, 1.54) is 6.07 Å². The lowest BCUT2D eigenvalue weighted by Crippen LogP contribution is -2.30. The molecule has 2 nitrogen and oxygen atoms in total. The SMILES string of the molecule is CC(C)(N)c1c(F)cc(O)cc1Cl. The molecule has 0 aliphatic rings. The van der Waals surface area contributed by atoms with Crippen molar-refractivity contribution in [3.63, 3.8) is 0 Å². The summed E-state index contributed by atoms with van der Waals surface area (Å²) in [6, 6.07) is 2.27. The van der Waals surface area contributed by atoms with Crippen LogP contribution in [-0.4, -0.2) is 5.11 Å². The van der Waals surface area contributed by atoms with Crippen LogP contribution in [0.1, 0.15) is 19.4 Å². The van der Waals surface area contributed by atoms with Crippen LogP contribution >= 0.6 is 11.6 Å². The molecule has 1 rings (SSSR count). The van der Waals surface area contributed by atoms with Crippen molar-refractivity contribution in [3.8, 4) is 5.75 Å². The van der Waals surface area contributed by atoms with Gasteiger partial charge in [-0.1, -0.05) is 11.6 Å². The Morgan fingerprint density at radius 1 is 1.46 bits per heavy atom. The lowest BCUT2D eigenvalue weighted by Gasteiger charge is -2.21. The van der Waals surface area contributed by atoms with Crippen molar-refractivity contribution in [2.24, 2.45) is 5.73 Å². The third-order valence-corrected chi connectivity index (χ3v) is 1.97. The second-order valence-corrected chi connectivity index (χ2v) is 3.91. The van der Waals surface area contributed by atoms with Gasteiger partial charge in [0, 0.05) is 17.2 Å². The summed E-state index contributed by atoms with van der Waals surface area (Å²) in [7, 11) is 0. The van der Waals surface area contributed by atoms with Gasteiger partial charge in [0.25, 0.3) is 0 Å². The second-order valence-electron chi connectivity index (χ2n) is 3.51. The minimum absolute atomic E-state index is 0.144. The van der Waals surface area contributed by atoms with Gasteiger partial charge in [0.15, 0.2) is 0 Å². The maximum absolute atomic E-state index is 13.3. The second kappa shape index (κ2) is 3.16. The molecule has 0 aliphatic carbocycles. The fourth-order valence-corrected chi connectivity index (χ4v) is 1.62. The Morgan fingerprint density at radius 3 is 2.38 bits per heavy atom. The number of halogens is 2. The molecule has 0 bridgehead atoms. The maximum Gasteiger partial charge on any atom is 0.133 e. The number of phenolic OH excluding ortho intramolecular Hbond substituents is 1. The number of aromatic hydroxyl groups is 1. The summed E-state index contributed by atoms with van der Waals surface area (Å²) >= 11 is 5.74. The molecule has 0 aliphatic heterocycles. The minimum atomic E-state index is -0.852. The summed E-state index contributed by atoms with van der Waals surface area (Å²) in [5, 5.41) is 9.16. The number of hydrogen-bond donors (Lipinski definition) is 2. The van der Waals surface area contributed by atoms with Gasteiger partial charge in [-0.05, 0) is 19.9 Å². The van der Waals surface area contributed by atoms with E-state index < -0.39 is 11.4 Å². The maximum atomic E-state index is 13.3. The fourth-order valence-electron chi connectivity index (χ4n) is 1.18. The summed E-state index contributed by atoms with van der Waals surface area (Å²) in [4.78, 5) is 0. The summed E-state index contributed by atoms with van der Waals surface area (Å²) in [6.45, 7) is 3.29. The molecule has 0 atom stereocenters. The van der Waals surface area contributed by atoms with Crippen LogP contribution in [0, 0.1) is 5.82 Å². The molecule has 0 amide bonds. The molecule has 0 heterocycles. The molecule has 1 aromatic rings. The minimum Gasteiger partial charge on any atom is -0.508 e. The molecule has 0 saturated carbocycles. The van der Waals surface area contributed by atoms with E-state index in [-0.39, 0.29) is 16.3 Å². The molecule has 13 heavy (non-hydrogen) atoms. The Morgan fingerprint density at radius 2 is 2.00 bits per heavy atom. The van der Waals surface area contributed by atoms with Crippen molar-refractivity contribution >= 4 is 11.6 Å². The average Bonchev–Trinajstić information content (AvgIpc) is 1.78. The Balaban J connectivity index is 3.38. The lowest BCUT2D eigenvalue weighted by molar-refractivity contribution is 0.458. The molecule has 4 heteroatoms. The van der Waals surface area contributed by atoms with Crippen molar-refractivity contribution in [2.75, 3.05) is 0 Å². The molecule has 3 N–H and O–H groups in total. The van der Waals surface area contributed by atoms with E-state index in [2.05, 4.69) is 0 Å². The van der Waals surface area contributed by atoms with Crippen molar-refractivity contribution in [3.05, 3.63) is 28.5 Å². The highest BCUT2D eigenvalue weighted by Crippen LogP contribution is 2.31. The lowest BCUT2D eigenvalue weighted by atomic mass is 9.95. The molecule has 0 spiro atoms. The van der Waals surface area contributed by atoms with Crippen LogP contribution in [0.4, 0.5) is 4.39 Å². The molecule has 1 aromatic carbocycles. The smallest absolute Gasteiger partial charge is 0.133 e. The molecular weight excluding hydrogens is 193 g/mol. The first kappa shape index (κ1) is 10.3. The average molecular weight is 204 g/mol. The first-order chi connectivity index (χ1) is 5.82. The summed E-state index contributed by atoms with van der Waals surface area (Å²) < 4.78 is 13.3. The largest absolute Gasteiger partial charge is 0.508 e. The number of phenols is 1. The van der Waals surface area contributed by atoms with Gasteiger partial charge in [-0.3, -0.25) is 0 Å². The predicted octanol–water partition coefficient (Wildman–Crippen LogP) is 2.38. The highest BCUT2D eigenvalue weighted by Gasteiger charge is 2.22. The van der Waals surface area contributed by atoms with Gasteiger partial charge in [-0.15, -0.1) is 0 Å².